The molecule has 0 radical (unpaired) electrons. The van der Waals surface area contributed by atoms with Gasteiger partial charge in [-0.05, 0) is 28.1 Å². The van der Waals surface area contributed by atoms with E-state index in [-0.39, 0.29) is 17.4 Å². The second-order valence-corrected chi connectivity index (χ2v) is 3.69. The highest BCUT2D eigenvalue weighted by atomic mass is 79.9. The Morgan fingerprint density at radius 1 is 1.64 bits per heavy atom. The molecular weight excluding hydrogens is 271 g/mol. The third-order valence-corrected chi connectivity index (χ3v) is 2.50. The van der Waals surface area contributed by atoms with Crippen LogP contribution in [-0.2, 0) is 0 Å². The summed E-state index contributed by atoms with van der Waals surface area (Å²) in [4.78, 5) is 11.2. The quantitative estimate of drug-likeness (QED) is 0.683. The van der Waals surface area contributed by atoms with Crippen LogP contribution in [0.4, 0.5) is 0 Å². The van der Waals surface area contributed by atoms with E-state index in [2.05, 4.69) is 15.9 Å². The first kappa shape index (κ1) is 11.3. The first-order chi connectivity index (χ1) is 6.60. The predicted octanol–water partition coefficient (Wildman–Crippen LogP) is 2.58. The van der Waals surface area contributed by atoms with Crippen molar-refractivity contribution in [3.8, 4) is 11.5 Å². The Hall–Kier alpha value is -0.740. The highest BCUT2D eigenvalue weighted by Crippen LogP contribution is 2.35. The molecule has 0 aliphatic heterocycles. The van der Waals surface area contributed by atoms with Crippen molar-refractivity contribution in [2.24, 2.45) is 0 Å². The van der Waals surface area contributed by atoms with E-state index in [0.717, 1.165) is 0 Å². The normalized spacial score (nSPS) is 9.93. The number of benzene rings is 1. The lowest BCUT2D eigenvalue weighted by molar-refractivity contribution is 0.102. The van der Waals surface area contributed by atoms with Crippen LogP contribution in [0, 0.1) is 0 Å². The third-order valence-electron chi connectivity index (χ3n) is 1.67. The van der Waals surface area contributed by atoms with Crippen molar-refractivity contribution in [2.75, 3.05) is 13.0 Å². The molecule has 14 heavy (non-hydrogen) atoms. The zero-order valence-electron chi connectivity index (χ0n) is 7.38. The fraction of sp³-hybridized carbons (Fsp3) is 0.222. The number of hydrogen-bond donors (Lipinski definition) is 1. The van der Waals surface area contributed by atoms with E-state index in [9.17, 15) is 9.90 Å². The Morgan fingerprint density at radius 2 is 2.29 bits per heavy atom. The highest BCUT2D eigenvalue weighted by Gasteiger charge is 2.12. The molecule has 0 saturated carbocycles. The molecule has 76 valence electrons. The maximum absolute atomic E-state index is 11.2. The molecule has 0 amide bonds. The number of ether oxygens (including phenoxy) is 1. The van der Waals surface area contributed by atoms with Gasteiger partial charge in [-0.15, -0.1) is 11.6 Å². The first-order valence-electron chi connectivity index (χ1n) is 3.75. The Balaban J connectivity index is 3.20. The maximum atomic E-state index is 11.2. The summed E-state index contributed by atoms with van der Waals surface area (Å²) in [6.07, 6.45) is 0. The van der Waals surface area contributed by atoms with E-state index < -0.39 is 0 Å². The van der Waals surface area contributed by atoms with Gasteiger partial charge < -0.3 is 9.84 Å². The largest absolute Gasteiger partial charge is 0.504 e. The van der Waals surface area contributed by atoms with Crippen LogP contribution in [0.2, 0.25) is 0 Å². The van der Waals surface area contributed by atoms with E-state index in [1.807, 2.05) is 0 Å². The molecule has 0 bridgehead atoms. The van der Waals surface area contributed by atoms with Crippen LogP contribution in [-0.4, -0.2) is 23.9 Å². The SMILES string of the molecule is COc1c(O)cc(C(=O)CCl)cc1Br. The summed E-state index contributed by atoms with van der Waals surface area (Å²) in [5.74, 6) is -0.144. The average Bonchev–Trinajstić information content (AvgIpc) is 2.16. The molecule has 0 fully saturated rings. The second kappa shape index (κ2) is 4.66. The number of phenols is 1. The Bertz CT molecular complexity index is 342. The third kappa shape index (κ3) is 2.19. The molecule has 0 aliphatic rings. The predicted molar refractivity (Wildman–Crippen MR) is 57.4 cm³/mol. The lowest BCUT2D eigenvalue weighted by Crippen LogP contribution is -2.00. The van der Waals surface area contributed by atoms with Gasteiger partial charge in [0.05, 0.1) is 17.5 Å². The minimum Gasteiger partial charge on any atom is -0.504 e. The van der Waals surface area contributed by atoms with Gasteiger partial charge in [0.15, 0.2) is 17.3 Å². The lowest BCUT2D eigenvalue weighted by atomic mass is 10.1. The van der Waals surface area contributed by atoms with Crippen molar-refractivity contribution >= 4 is 33.3 Å². The summed E-state index contributed by atoms with van der Waals surface area (Å²) in [6.45, 7) is 0. The van der Waals surface area contributed by atoms with Crippen LogP contribution in [0.3, 0.4) is 0 Å². The molecule has 3 nitrogen and oxygen atoms in total. The number of carbonyl (C=O) groups excluding carboxylic acids is 1. The Labute approximate surface area is 94.8 Å². The van der Waals surface area contributed by atoms with Crippen molar-refractivity contribution < 1.29 is 14.6 Å². The topological polar surface area (TPSA) is 46.5 Å². The number of alkyl halides is 1. The van der Waals surface area contributed by atoms with E-state index in [1.165, 1.54) is 13.2 Å². The molecule has 0 saturated heterocycles. The molecule has 0 aromatic heterocycles. The standard InChI is InChI=1S/C9H8BrClO3/c1-14-9-6(10)2-5(3-7(9)12)8(13)4-11/h2-3,12H,4H2,1H3. The number of ketones is 1. The molecule has 0 aliphatic carbocycles. The smallest absolute Gasteiger partial charge is 0.177 e. The number of halogens is 2. The van der Waals surface area contributed by atoms with Gasteiger partial charge >= 0.3 is 0 Å². The Kier molecular flexibility index (Phi) is 3.77. The lowest BCUT2D eigenvalue weighted by Gasteiger charge is -2.07. The molecule has 1 rings (SSSR count). The Morgan fingerprint density at radius 3 is 2.71 bits per heavy atom. The molecule has 5 heteroatoms. The van der Waals surface area contributed by atoms with Crippen molar-refractivity contribution in [2.45, 2.75) is 0 Å². The molecular formula is C9H8BrClO3. The molecule has 0 heterocycles. The summed E-state index contributed by atoms with van der Waals surface area (Å²) >= 11 is 8.56. The average molecular weight is 280 g/mol. The minimum atomic E-state index is -0.245. The molecule has 1 aromatic carbocycles. The summed E-state index contributed by atoms with van der Waals surface area (Å²) in [7, 11) is 1.43. The van der Waals surface area contributed by atoms with Gasteiger partial charge in [0, 0.05) is 5.56 Å². The minimum absolute atomic E-state index is 0.0876. The number of Topliss-reactive ketones (excluding diaryl/α,β-unsaturated/α-hetero) is 1. The maximum Gasteiger partial charge on any atom is 0.177 e. The monoisotopic (exact) mass is 278 g/mol. The number of carbonyl (C=O) groups is 1. The van der Waals surface area contributed by atoms with Crippen LogP contribution in [0.5, 0.6) is 11.5 Å². The zero-order valence-corrected chi connectivity index (χ0v) is 9.72. The first-order valence-corrected chi connectivity index (χ1v) is 5.08. The second-order valence-electron chi connectivity index (χ2n) is 2.57. The van der Waals surface area contributed by atoms with Gasteiger partial charge in [0.25, 0.3) is 0 Å². The van der Waals surface area contributed by atoms with Gasteiger partial charge in [0.2, 0.25) is 0 Å². The fourth-order valence-electron chi connectivity index (χ4n) is 1.02. The van der Waals surface area contributed by atoms with Crippen molar-refractivity contribution in [1.82, 2.24) is 0 Å². The van der Waals surface area contributed by atoms with Gasteiger partial charge in [-0.25, -0.2) is 0 Å². The number of aromatic hydroxyl groups is 1. The fourth-order valence-corrected chi connectivity index (χ4v) is 1.79. The van der Waals surface area contributed by atoms with E-state index in [0.29, 0.717) is 15.8 Å². The van der Waals surface area contributed by atoms with E-state index >= 15 is 0 Å². The summed E-state index contributed by atoms with van der Waals surface area (Å²) in [6, 6.07) is 2.89. The van der Waals surface area contributed by atoms with Crippen LogP contribution in [0.25, 0.3) is 0 Å². The zero-order chi connectivity index (χ0) is 10.7. The van der Waals surface area contributed by atoms with Crippen LogP contribution >= 0.6 is 27.5 Å². The number of phenolic OH excluding ortho intramolecular Hbond substituents is 1. The molecule has 0 spiro atoms. The van der Waals surface area contributed by atoms with Crippen LogP contribution in [0.1, 0.15) is 10.4 Å². The van der Waals surface area contributed by atoms with Crippen LogP contribution < -0.4 is 4.74 Å². The van der Waals surface area contributed by atoms with Crippen molar-refractivity contribution in [1.29, 1.82) is 0 Å². The molecule has 1 N–H and O–H groups in total. The highest BCUT2D eigenvalue weighted by molar-refractivity contribution is 9.10. The van der Waals surface area contributed by atoms with Crippen LogP contribution in [0.15, 0.2) is 16.6 Å². The van der Waals surface area contributed by atoms with Gasteiger partial charge in [-0.1, -0.05) is 0 Å². The van der Waals surface area contributed by atoms with Crippen molar-refractivity contribution in [3.63, 3.8) is 0 Å². The van der Waals surface area contributed by atoms with Gasteiger partial charge in [0.1, 0.15) is 0 Å². The molecule has 1 aromatic rings. The number of methoxy groups -OCH3 is 1. The van der Waals surface area contributed by atoms with E-state index in [4.69, 9.17) is 16.3 Å². The summed E-state index contributed by atoms with van der Waals surface area (Å²) < 4.78 is 5.42. The molecule has 0 atom stereocenters. The number of rotatable bonds is 3. The van der Waals surface area contributed by atoms with Gasteiger partial charge in [-0.3, -0.25) is 4.79 Å². The summed E-state index contributed by atoms with van der Waals surface area (Å²) in [5.41, 5.74) is 0.352. The number of hydrogen-bond acceptors (Lipinski definition) is 3. The van der Waals surface area contributed by atoms with Gasteiger partial charge in [-0.2, -0.15) is 0 Å². The van der Waals surface area contributed by atoms with E-state index in [1.54, 1.807) is 6.07 Å². The van der Waals surface area contributed by atoms with Crippen molar-refractivity contribution in [3.05, 3.63) is 22.2 Å². The summed E-state index contributed by atoms with van der Waals surface area (Å²) in [5, 5.41) is 9.47. The molecule has 0 unspecified atom stereocenters.